The summed E-state index contributed by atoms with van der Waals surface area (Å²) < 4.78 is 0. The number of H-pyrrole nitrogens is 1. The second-order valence-corrected chi connectivity index (χ2v) is 3.42. The van der Waals surface area contributed by atoms with Crippen LogP contribution >= 0.6 is 15.9 Å². The molecule has 0 bridgehead atoms. The summed E-state index contributed by atoms with van der Waals surface area (Å²) in [6, 6.07) is 0. The van der Waals surface area contributed by atoms with Gasteiger partial charge in [0.2, 0.25) is 0 Å². The normalized spacial score (nSPS) is 10.4. The number of nitrogens with one attached hydrogen (secondary N) is 1. The van der Waals surface area contributed by atoms with Crippen LogP contribution in [0.5, 0.6) is 0 Å². The van der Waals surface area contributed by atoms with Crippen LogP contribution in [0.4, 0.5) is 0 Å². The van der Waals surface area contributed by atoms with Crippen LogP contribution in [0.2, 0.25) is 0 Å². The predicted octanol–water partition coefficient (Wildman–Crippen LogP) is 2.44. The molecule has 2 nitrogen and oxygen atoms in total. The number of rotatable bonds is 4. The van der Waals surface area contributed by atoms with Crippen LogP contribution in [0.1, 0.15) is 24.4 Å². The number of alkyl halides is 1. The van der Waals surface area contributed by atoms with E-state index in [1.807, 2.05) is 13.1 Å². The Balaban J connectivity index is 2.27. The van der Waals surface area contributed by atoms with Gasteiger partial charge >= 0.3 is 0 Å². The van der Waals surface area contributed by atoms with Crippen molar-refractivity contribution in [3.63, 3.8) is 0 Å². The van der Waals surface area contributed by atoms with Crippen molar-refractivity contribution in [2.45, 2.75) is 26.2 Å². The Hall–Kier alpha value is -0.310. The van der Waals surface area contributed by atoms with E-state index in [1.165, 1.54) is 18.5 Å². The molecular weight excluding hydrogens is 204 g/mol. The SMILES string of the molecule is Cc1nc(CCCCBr)c[nH]1. The monoisotopic (exact) mass is 216 g/mol. The maximum absolute atomic E-state index is 4.31. The highest BCUT2D eigenvalue weighted by Gasteiger charge is 1.95. The molecule has 1 aromatic heterocycles. The minimum Gasteiger partial charge on any atom is -0.349 e. The average molecular weight is 217 g/mol. The number of unbranched alkanes of at least 4 members (excludes halogenated alkanes) is 1. The Kier molecular flexibility index (Phi) is 3.63. The number of imidazole rings is 1. The summed E-state index contributed by atoms with van der Waals surface area (Å²) in [5, 5.41) is 1.09. The van der Waals surface area contributed by atoms with E-state index in [-0.39, 0.29) is 0 Å². The number of aromatic nitrogens is 2. The van der Waals surface area contributed by atoms with E-state index in [9.17, 15) is 0 Å². The molecule has 1 rings (SSSR count). The van der Waals surface area contributed by atoms with Gasteiger partial charge in [-0.3, -0.25) is 0 Å². The van der Waals surface area contributed by atoms with Gasteiger partial charge < -0.3 is 4.98 Å². The van der Waals surface area contributed by atoms with Gasteiger partial charge in [-0.25, -0.2) is 4.98 Å². The highest BCUT2D eigenvalue weighted by Crippen LogP contribution is 2.03. The first-order chi connectivity index (χ1) is 5.33. The molecule has 0 fully saturated rings. The lowest BCUT2D eigenvalue weighted by Gasteiger charge is -1.92. The van der Waals surface area contributed by atoms with Crippen molar-refractivity contribution < 1.29 is 0 Å². The van der Waals surface area contributed by atoms with Gasteiger partial charge in [0.15, 0.2) is 0 Å². The average Bonchev–Trinajstić information content (AvgIpc) is 2.37. The van der Waals surface area contributed by atoms with Crippen molar-refractivity contribution in [1.29, 1.82) is 0 Å². The van der Waals surface area contributed by atoms with E-state index in [1.54, 1.807) is 0 Å². The van der Waals surface area contributed by atoms with Crippen molar-refractivity contribution in [1.82, 2.24) is 9.97 Å². The van der Waals surface area contributed by atoms with E-state index >= 15 is 0 Å². The topological polar surface area (TPSA) is 28.7 Å². The molecule has 0 aromatic carbocycles. The number of hydrogen-bond donors (Lipinski definition) is 1. The molecule has 0 spiro atoms. The lowest BCUT2D eigenvalue weighted by atomic mass is 10.2. The van der Waals surface area contributed by atoms with Crippen molar-refractivity contribution in [2.75, 3.05) is 5.33 Å². The summed E-state index contributed by atoms with van der Waals surface area (Å²) >= 11 is 3.40. The van der Waals surface area contributed by atoms with E-state index in [4.69, 9.17) is 0 Å². The third-order valence-corrected chi connectivity index (χ3v) is 2.14. The van der Waals surface area contributed by atoms with Gasteiger partial charge in [0.25, 0.3) is 0 Å². The molecule has 0 aliphatic rings. The van der Waals surface area contributed by atoms with Crippen LogP contribution in [-0.4, -0.2) is 15.3 Å². The second-order valence-electron chi connectivity index (χ2n) is 2.62. The maximum atomic E-state index is 4.31. The Morgan fingerprint density at radius 2 is 2.36 bits per heavy atom. The summed E-state index contributed by atoms with van der Waals surface area (Å²) in [5.74, 6) is 1.01. The molecule has 62 valence electrons. The molecule has 0 atom stereocenters. The lowest BCUT2D eigenvalue weighted by molar-refractivity contribution is 0.789. The smallest absolute Gasteiger partial charge is 0.103 e. The van der Waals surface area contributed by atoms with Gasteiger partial charge in [0, 0.05) is 11.5 Å². The number of hydrogen-bond acceptors (Lipinski definition) is 1. The first-order valence-electron chi connectivity index (χ1n) is 3.90. The van der Waals surface area contributed by atoms with Gasteiger partial charge in [-0.2, -0.15) is 0 Å². The largest absolute Gasteiger partial charge is 0.349 e. The number of halogens is 1. The number of nitrogens with zero attached hydrogens (tertiary/aromatic N) is 1. The van der Waals surface area contributed by atoms with Gasteiger partial charge in [-0.15, -0.1) is 0 Å². The van der Waals surface area contributed by atoms with E-state index in [2.05, 4.69) is 25.9 Å². The minimum atomic E-state index is 1.01. The zero-order valence-electron chi connectivity index (χ0n) is 6.73. The van der Waals surface area contributed by atoms with E-state index < -0.39 is 0 Å². The van der Waals surface area contributed by atoms with Crippen LogP contribution in [0.3, 0.4) is 0 Å². The van der Waals surface area contributed by atoms with Crippen molar-refractivity contribution >= 4 is 15.9 Å². The van der Waals surface area contributed by atoms with E-state index in [0.717, 1.165) is 17.6 Å². The fraction of sp³-hybridized carbons (Fsp3) is 0.625. The molecule has 1 aromatic rings. The van der Waals surface area contributed by atoms with Crippen LogP contribution in [0.15, 0.2) is 6.20 Å². The molecule has 1 heterocycles. The summed E-state index contributed by atoms with van der Waals surface area (Å²) in [5.41, 5.74) is 1.18. The molecule has 3 heteroatoms. The lowest BCUT2D eigenvalue weighted by Crippen LogP contribution is -1.86. The fourth-order valence-corrected chi connectivity index (χ4v) is 1.39. The summed E-state index contributed by atoms with van der Waals surface area (Å²) in [4.78, 5) is 7.38. The van der Waals surface area contributed by atoms with Gasteiger partial charge in [-0.05, 0) is 26.2 Å². The molecule has 0 radical (unpaired) electrons. The van der Waals surface area contributed by atoms with Gasteiger partial charge in [0.05, 0.1) is 5.69 Å². The zero-order chi connectivity index (χ0) is 8.10. The summed E-state index contributed by atoms with van der Waals surface area (Å²) in [6.07, 6.45) is 5.53. The summed E-state index contributed by atoms with van der Waals surface area (Å²) in [7, 11) is 0. The molecule has 0 aliphatic heterocycles. The van der Waals surface area contributed by atoms with Crippen LogP contribution in [0, 0.1) is 6.92 Å². The molecule has 0 aliphatic carbocycles. The molecule has 0 saturated heterocycles. The quantitative estimate of drug-likeness (QED) is 0.609. The van der Waals surface area contributed by atoms with Gasteiger partial charge in [0.1, 0.15) is 5.82 Å². The second kappa shape index (κ2) is 4.54. The first kappa shape index (κ1) is 8.78. The maximum Gasteiger partial charge on any atom is 0.103 e. The Bertz CT molecular complexity index is 208. The summed E-state index contributed by atoms with van der Waals surface area (Å²) in [6.45, 7) is 1.98. The molecule has 0 saturated carbocycles. The van der Waals surface area contributed by atoms with Crippen molar-refractivity contribution in [3.8, 4) is 0 Å². The van der Waals surface area contributed by atoms with Crippen LogP contribution in [0.25, 0.3) is 0 Å². The molecule has 1 N–H and O–H groups in total. The van der Waals surface area contributed by atoms with Crippen LogP contribution < -0.4 is 0 Å². The Morgan fingerprint density at radius 3 is 2.91 bits per heavy atom. The first-order valence-corrected chi connectivity index (χ1v) is 5.02. The van der Waals surface area contributed by atoms with Gasteiger partial charge in [-0.1, -0.05) is 15.9 Å². The van der Waals surface area contributed by atoms with Crippen molar-refractivity contribution in [3.05, 3.63) is 17.7 Å². The predicted molar refractivity (Wildman–Crippen MR) is 50.1 cm³/mol. The highest BCUT2D eigenvalue weighted by atomic mass is 79.9. The zero-order valence-corrected chi connectivity index (χ0v) is 8.32. The third-order valence-electron chi connectivity index (χ3n) is 1.58. The standard InChI is InChI=1S/C8H13BrN2/c1-7-10-6-8(11-7)4-2-3-5-9/h6H,2-5H2,1H3,(H,10,11). The fourth-order valence-electron chi connectivity index (χ4n) is 0.996. The van der Waals surface area contributed by atoms with Crippen molar-refractivity contribution in [2.24, 2.45) is 0 Å². The van der Waals surface area contributed by atoms with E-state index in [0.29, 0.717) is 0 Å². The molecule has 0 amide bonds. The number of aromatic amines is 1. The van der Waals surface area contributed by atoms with Crippen LogP contribution in [-0.2, 0) is 6.42 Å². The molecule has 0 unspecified atom stereocenters. The number of aryl methyl sites for hydroxylation is 2. The highest BCUT2D eigenvalue weighted by molar-refractivity contribution is 9.09. The minimum absolute atomic E-state index is 1.01. The molecule has 11 heavy (non-hydrogen) atoms. The molecular formula is C8H13BrN2. The third kappa shape index (κ3) is 3.06. The Morgan fingerprint density at radius 1 is 1.55 bits per heavy atom. The Labute approximate surface area is 75.6 Å².